The molecule has 0 radical (unpaired) electrons. The first-order valence-electron chi connectivity index (χ1n) is 8.29. The number of hydrogen-bond acceptors (Lipinski definition) is 7. The van der Waals surface area contributed by atoms with E-state index in [1.54, 1.807) is 0 Å². The van der Waals surface area contributed by atoms with Gasteiger partial charge >= 0.3 is 5.97 Å². The van der Waals surface area contributed by atoms with Crippen molar-refractivity contribution in [1.29, 1.82) is 0 Å². The first-order chi connectivity index (χ1) is 10.9. The van der Waals surface area contributed by atoms with E-state index in [0.29, 0.717) is 25.0 Å². The summed E-state index contributed by atoms with van der Waals surface area (Å²) in [5, 5.41) is 0. The summed E-state index contributed by atoms with van der Waals surface area (Å²) in [4.78, 5) is 27.5. The Morgan fingerprint density at radius 2 is 2.00 bits per heavy atom. The predicted octanol–water partition coefficient (Wildman–Crippen LogP) is 1.75. The second-order valence-electron chi connectivity index (χ2n) is 7.02. The first kappa shape index (κ1) is 16.0. The molecule has 0 unspecified atom stereocenters. The molecular weight excluding hydrogens is 294 g/mol. The Kier molecular flexibility index (Phi) is 4.12. The molecule has 1 aliphatic heterocycles. The monoisotopic (exact) mass is 319 g/mol. The number of aromatic nitrogens is 3. The van der Waals surface area contributed by atoms with E-state index < -0.39 is 5.41 Å². The summed E-state index contributed by atoms with van der Waals surface area (Å²) >= 11 is 0. The Balaban J connectivity index is 1.86. The van der Waals surface area contributed by atoms with Crippen molar-refractivity contribution in [2.45, 2.75) is 45.4 Å². The van der Waals surface area contributed by atoms with E-state index in [2.05, 4.69) is 21.9 Å². The van der Waals surface area contributed by atoms with Crippen molar-refractivity contribution in [3.63, 3.8) is 0 Å². The van der Waals surface area contributed by atoms with E-state index >= 15 is 0 Å². The zero-order chi connectivity index (χ0) is 16.6. The average molecular weight is 319 g/mol. The van der Waals surface area contributed by atoms with Crippen LogP contribution in [0.3, 0.4) is 0 Å². The minimum Gasteiger partial charge on any atom is -0.469 e. The van der Waals surface area contributed by atoms with Crippen LogP contribution >= 0.6 is 0 Å². The smallest absolute Gasteiger partial charge is 0.313 e. The maximum atomic E-state index is 12.1. The van der Waals surface area contributed by atoms with Crippen LogP contribution in [0.4, 0.5) is 11.9 Å². The van der Waals surface area contributed by atoms with Crippen molar-refractivity contribution < 1.29 is 9.53 Å². The van der Waals surface area contributed by atoms with Crippen LogP contribution in [0.2, 0.25) is 0 Å². The molecule has 2 N–H and O–H groups in total. The average Bonchev–Trinajstić information content (AvgIpc) is 3.15. The van der Waals surface area contributed by atoms with Crippen molar-refractivity contribution in [2.75, 3.05) is 30.8 Å². The number of rotatable bonds is 3. The molecule has 1 aliphatic carbocycles. The number of nitrogen functional groups attached to an aromatic ring is 1. The SMILES string of the molecule is COC(=O)[C@@]1(C)CN(c2nc(N)nc(C3CCCC3)n2)C[C@@H]1C. The number of methoxy groups -OCH3 is 1. The lowest BCUT2D eigenvalue weighted by Gasteiger charge is -2.24. The molecule has 2 aliphatic rings. The van der Waals surface area contributed by atoms with Crippen molar-refractivity contribution in [3.05, 3.63) is 5.82 Å². The molecule has 7 nitrogen and oxygen atoms in total. The quantitative estimate of drug-likeness (QED) is 0.848. The Morgan fingerprint density at radius 3 is 2.65 bits per heavy atom. The van der Waals surface area contributed by atoms with E-state index in [1.807, 2.05) is 11.8 Å². The van der Waals surface area contributed by atoms with Crippen LogP contribution < -0.4 is 10.6 Å². The predicted molar refractivity (Wildman–Crippen MR) is 86.9 cm³/mol. The first-order valence-corrected chi connectivity index (χ1v) is 8.29. The summed E-state index contributed by atoms with van der Waals surface area (Å²) in [6.45, 7) is 5.23. The van der Waals surface area contributed by atoms with E-state index in [1.165, 1.54) is 20.0 Å². The van der Waals surface area contributed by atoms with Crippen molar-refractivity contribution in [2.24, 2.45) is 11.3 Å². The number of anilines is 2. The second-order valence-corrected chi connectivity index (χ2v) is 7.02. The molecule has 0 amide bonds. The molecule has 23 heavy (non-hydrogen) atoms. The highest BCUT2D eigenvalue weighted by molar-refractivity contribution is 5.78. The van der Waals surface area contributed by atoms with Crippen molar-refractivity contribution in [1.82, 2.24) is 15.0 Å². The van der Waals surface area contributed by atoms with Crippen LogP contribution in [0, 0.1) is 11.3 Å². The van der Waals surface area contributed by atoms with Gasteiger partial charge in [0.05, 0.1) is 12.5 Å². The lowest BCUT2D eigenvalue weighted by Crippen LogP contribution is -2.36. The van der Waals surface area contributed by atoms with Gasteiger partial charge in [-0.1, -0.05) is 19.8 Å². The molecule has 1 aromatic heterocycles. The maximum Gasteiger partial charge on any atom is 0.313 e. The fourth-order valence-electron chi connectivity index (χ4n) is 3.71. The van der Waals surface area contributed by atoms with Crippen LogP contribution in [-0.2, 0) is 9.53 Å². The molecule has 0 aromatic carbocycles. The molecule has 1 saturated heterocycles. The third kappa shape index (κ3) is 2.84. The standard InChI is InChI=1S/C16H25N5O2/c1-10-8-21(9-16(10,2)13(22)23-3)15-19-12(18-14(17)20-15)11-6-4-5-7-11/h10-11H,4-9H2,1-3H3,(H2,17,18,19,20)/t10-,16-/m0/s1. The van der Waals surface area contributed by atoms with Crippen LogP contribution in [0.25, 0.3) is 0 Å². The summed E-state index contributed by atoms with van der Waals surface area (Å²) in [5.74, 6) is 1.99. The van der Waals surface area contributed by atoms with E-state index in [0.717, 1.165) is 18.7 Å². The largest absolute Gasteiger partial charge is 0.469 e. The van der Waals surface area contributed by atoms with Gasteiger partial charge in [0, 0.05) is 19.0 Å². The van der Waals surface area contributed by atoms with Crippen molar-refractivity contribution >= 4 is 17.9 Å². The lowest BCUT2D eigenvalue weighted by molar-refractivity contribution is -0.152. The van der Waals surface area contributed by atoms with Gasteiger partial charge in [-0.2, -0.15) is 15.0 Å². The molecule has 7 heteroatoms. The number of nitrogens with zero attached hydrogens (tertiary/aromatic N) is 4. The molecule has 2 heterocycles. The highest BCUT2D eigenvalue weighted by Crippen LogP contribution is 2.39. The van der Waals surface area contributed by atoms with Gasteiger partial charge in [-0.15, -0.1) is 0 Å². The van der Waals surface area contributed by atoms with E-state index in [4.69, 9.17) is 10.5 Å². The summed E-state index contributed by atoms with van der Waals surface area (Å²) < 4.78 is 4.98. The molecule has 0 bridgehead atoms. The highest BCUT2D eigenvalue weighted by Gasteiger charge is 2.48. The normalized spacial score (nSPS) is 28.3. The maximum absolute atomic E-state index is 12.1. The molecular formula is C16H25N5O2. The van der Waals surface area contributed by atoms with Gasteiger partial charge in [-0.3, -0.25) is 4.79 Å². The third-order valence-electron chi connectivity index (χ3n) is 5.41. The Bertz CT molecular complexity index is 602. The van der Waals surface area contributed by atoms with Gasteiger partial charge in [0.15, 0.2) is 0 Å². The minimum absolute atomic E-state index is 0.155. The van der Waals surface area contributed by atoms with Gasteiger partial charge in [0.1, 0.15) is 5.82 Å². The molecule has 2 fully saturated rings. The van der Waals surface area contributed by atoms with Gasteiger partial charge in [-0.05, 0) is 25.7 Å². The van der Waals surface area contributed by atoms with Crippen LogP contribution in [0.15, 0.2) is 0 Å². The van der Waals surface area contributed by atoms with Crippen LogP contribution in [0.5, 0.6) is 0 Å². The van der Waals surface area contributed by atoms with Crippen LogP contribution in [-0.4, -0.2) is 41.1 Å². The lowest BCUT2D eigenvalue weighted by atomic mass is 9.81. The van der Waals surface area contributed by atoms with Gasteiger partial charge in [0.25, 0.3) is 0 Å². The van der Waals surface area contributed by atoms with Crippen LogP contribution in [0.1, 0.15) is 51.3 Å². The molecule has 1 saturated carbocycles. The summed E-state index contributed by atoms with van der Waals surface area (Å²) in [6, 6.07) is 0. The number of hydrogen-bond donors (Lipinski definition) is 1. The zero-order valence-corrected chi connectivity index (χ0v) is 14.1. The number of carbonyl (C=O) groups is 1. The summed E-state index contributed by atoms with van der Waals surface area (Å²) in [5.41, 5.74) is 5.35. The zero-order valence-electron chi connectivity index (χ0n) is 14.1. The topological polar surface area (TPSA) is 94.2 Å². The number of esters is 1. The number of carbonyl (C=O) groups excluding carboxylic acids is 1. The molecule has 1 aromatic rings. The summed E-state index contributed by atoms with van der Waals surface area (Å²) in [7, 11) is 1.43. The highest BCUT2D eigenvalue weighted by atomic mass is 16.5. The second kappa shape index (κ2) is 5.94. The Morgan fingerprint density at radius 1 is 1.30 bits per heavy atom. The van der Waals surface area contributed by atoms with Gasteiger partial charge in [-0.25, -0.2) is 0 Å². The Hall–Kier alpha value is -1.92. The van der Waals surface area contributed by atoms with Gasteiger partial charge in [0.2, 0.25) is 11.9 Å². The molecule has 3 rings (SSSR count). The molecule has 126 valence electrons. The number of nitrogens with two attached hydrogens (primary N) is 1. The fourth-order valence-corrected chi connectivity index (χ4v) is 3.71. The number of ether oxygens (including phenoxy) is 1. The molecule has 0 spiro atoms. The Labute approximate surface area is 136 Å². The minimum atomic E-state index is -0.552. The van der Waals surface area contributed by atoms with Gasteiger partial charge < -0.3 is 15.4 Å². The van der Waals surface area contributed by atoms with E-state index in [-0.39, 0.29) is 17.8 Å². The third-order valence-corrected chi connectivity index (χ3v) is 5.41. The van der Waals surface area contributed by atoms with E-state index in [9.17, 15) is 4.79 Å². The van der Waals surface area contributed by atoms with Crippen molar-refractivity contribution in [3.8, 4) is 0 Å². The molecule has 2 atom stereocenters. The fraction of sp³-hybridized carbons (Fsp3) is 0.750. The summed E-state index contributed by atoms with van der Waals surface area (Å²) in [6.07, 6.45) is 4.65.